The maximum atomic E-state index is 4.61. The highest BCUT2D eigenvalue weighted by Gasteiger charge is 2.13. The largest absolute Gasteiger partial charge is 0.374 e. The Morgan fingerprint density at radius 1 is 1.00 bits per heavy atom. The molecule has 1 aliphatic heterocycles. The fraction of sp³-hybridized carbons (Fsp3) is 0.929. The van der Waals surface area contributed by atoms with Crippen molar-refractivity contribution in [1.29, 1.82) is 0 Å². The summed E-state index contributed by atoms with van der Waals surface area (Å²) < 4.78 is 0. The number of hydrogen-bond donors (Lipinski definition) is 1. The van der Waals surface area contributed by atoms with E-state index in [1.165, 1.54) is 70.0 Å². The molecule has 0 radical (unpaired) electrons. The van der Waals surface area contributed by atoms with Crippen LogP contribution in [0.2, 0.25) is 0 Å². The number of nitrogens with one attached hydrogen (secondary N) is 1. The first-order chi connectivity index (χ1) is 7.95. The lowest BCUT2D eigenvalue weighted by atomic mass is 9.87. The molecule has 2 heteroatoms. The zero-order valence-electron chi connectivity index (χ0n) is 10.5. The Labute approximate surface area is 99.9 Å². The van der Waals surface area contributed by atoms with E-state index in [0.717, 1.165) is 19.0 Å². The standard InChI is InChI=1S/C14H26N2/c1-3-7-13(8-4-1)10-12-16-14-9-5-2-6-11-15-14/h13H,1-12H2,(H,15,16). The van der Waals surface area contributed by atoms with E-state index in [4.69, 9.17) is 0 Å². The molecule has 0 unspecified atom stereocenters. The van der Waals surface area contributed by atoms with Gasteiger partial charge < -0.3 is 5.32 Å². The lowest BCUT2D eigenvalue weighted by Gasteiger charge is -2.21. The van der Waals surface area contributed by atoms with E-state index in [1.807, 2.05) is 0 Å². The zero-order chi connectivity index (χ0) is 11.1. The lowest BCUT2D eigenvalue weighted by molar-refractivity contribution is 0.339. The van der Waals surface area contributed by atoms with Crippen LogP contribution >= 0.6 is 0 Å². The second-order valence-electron chi connectivity index (χ2n) is 5.36. The molecule has 0 aromatic carbocycles. The highest BCUT2D eigenvalue weighted by molar-refractivity contribution is 5.82. The molecule has 0 spiro atoms. The molecule has 92 valence electrons. The Balaban J connectivity index is 1.60. The molecule has 0 atom stereocenters. The van der Waals surface area contributed by atoms with Gasteiger partial charge in [-0.05, 0) is 25.2 Å². The summed E-state index contributed by atoms with van der Waals surface area (Å²) in [5.41, 5.74) is 0. The second kappa shape index (κ2) is 6.93. The quantitative estimate of drug-likeness (QED) is 0.776. The van der Waals surface area contributed by atoms with Crippen LogP contribution in [0.25, 0.3) is 0 Å². The minimum absolute atomic E-state index is 0.993. The summed E-state index contributed by atoms with van der Waals surface area (Å²) in [6.07, 6.45) is 13.8. The van der Waals surface area contributed by atoms with Gasteiger partial charge in [0.1, 0.15) is 0 Å². The molecular weight excluding hydrogens is 196 g/mol. The molecule has 16 heavy (non-hydrogen) atoms. The molecule has 0 aromatic heterocycles. The van der Waals surface area contributed by atoms with E-state index < -0.39 is 0 Å². The van der Waals surface area contributed by atoms with Crippen molar-refractivity contribution in [1.82, 2.24) is 5.32 Å². The van der Waals surface area contributed by atoms with Crippen molar-refractivity contribution in [3.63, 3.8) is 0 Å². The number of hydrogen-bond acceptors (Lipinski definition) is 2. The highest BCUT2D eigenvalue weighted by Crippen LogP contribution is 2.25. The third kappa shape index (κ3) is 4.15. The lowest BCUT2D eigenvalue weighted by Crippen LogP contribution is -2.26. The van der Waals surface area contributed by atoms with Gasteiger partial charge in [0.05, 0.1) is 5.84 Å². The highest BCUT2D eigenvalue weighted by atomic mass is 15.0. The topological polar surface area (TPSA) is 24.4 Å². The van der Waals surface area contributed by atoms with E-state index in [-0.39, 0.29) is 0 Å². The minimum atomic E-state index is 0.993. The van der Waals surface area contributed by atoms with Crippen molar-refractivity contribution in [2.75, 3.05) is 13.1 Å². The molecule has 0 amide bonds. The number of rotatable bonds is 3. The smallest absolute Gasteiger partial charge is 0.0963 e. The Morgan fingerprint density at radius 3 is 2.69 bits per heavy atom. The average molecular weight is 222 g/mol. The predicted molar refractivity (Wildman–Crippen MR) is 70.0 cm³/mol. The molecule has 0 bridgehead atoms. The predicted octanol–water partition coefficient (Wildman–Crippen LogP) is 3.52. The molecule has 2 nitrogen and oxygen atoms in total. The van der Waals surface area contributed by atoms with Crippen LogP contribution in [0.3, 0.4) is 0 Å². The van der Waals surface area contributed by atoms with Crippen molar-refractivity contribution in [2.24, 2.45) is 10.9 Å². The maximum Gasteiger partial charge on any atom is 0.0963 e. The maximum absolute atomic E-state index is 4.61. The molecule has 2 rings (SSSR count). The van der Waals surface area contributed by atoms with E-state index in [1.54, 1.807) is 0 Å². The average Bonchev–Trinajstić information content (AvgIpc) is 2.59. The third-order valence-electron chi connectivity index (χ3n) is 3.98. The number of amidine groups is 1. The van der Waals surface area contributed by atoms with E-state index in [2.05, 4.69) is 10.3 Å². The number of aliphatic imine (C=N–C) groups is 1. The molecule has 1 aliphatic carbocycles. The van der Waals surface area contributed by atoms with Gasteiger partial charge in [-0.25, -0.2) is 0 Å². The van der Waals surface area contributed by atoms with Crippen LogP contribution in [0.5, 0.6) is 0 Å². The first-order valence-corrected chi connectivity index (χ1v) is 7.22. The van der Waals surface area contributed by atoms with E-state index >= 15 is 0 Å². The van der Waals surface area contributed by atoms with Crippen molar-refractivity contribution >= 4 is 5.84 Å². The summed E-state index contributed by atoms with van der Waals surface area (Å²) in [4.78, 5) is 4.61. The molecule has 1 fully saturated rings. The molecular formula is C14H26N2. The van der Waals surface area contributed by atoms with Crippen LogP contribution in [0.4, 0.5) is 0 Å². The van der Waals surface area contributed by atoms with Crippen LogP contribution in [0.1, 0.15) is 64.2 Å². The minimum Gasteiger partial charge on any atom is -0.374 e. The van der Waals surface area contributed by atoms with Gasteiger partial charge in [-0.1, -0.05) is 38.5 Å². The van der Waals surface area contributed by atoms with E-state index in [0.29, 0.717) is 0 Å². The van der Waals surface area contributed by atoms with Crippen LogP contribution in [-0.2, 0) is 0 Å². The molecule has 0 aromatic rings. The van der Waals surface area contributed by atoms with Crippen molar-refractivity contribution in [3.05, 3.63) is 0 Å². The van der Waals surface area contributed by atoms with Gasteiger partial charge in [0.2, 0.25) is 0 Å². The summed E-state index contributed by atoms with van der Waals surface area (Å²) in [6, 6.07) is 0. The monoisotopic (exact) mass is 222 g/mol. The van der Waals surface area contributed by atoms with Crippen LogP contribution in [0.15, 0.2) is 4.99 Å². The van der Waals surface area contributed by atoms with Crippen LogP contribution < -0.4 is 5.32 Å². The van der Waals surface area contributed by atoms with E-state index in [9.17, 15) is 0 Å². The fourth-order valence-corrected chi connectivity index (χ4v) is 2.91. The molecule has 0 saturated heterocycles. The number of nitrogens with zero attached hydrogens (tertiary/aromatic N) is 1. The Hall–Kier alpha value is -0.530. The third-order valence-corrected chi connectivity index (χ3v) is 3.98. The second-order valence-corrected chi connectivity index (χ2v) is 5.36. The molecule has 2 aliphatic rings. The van der Waals surface area contributed by atoms with Crippen LogP contribution in [-0.4, -0.2) is 18.9 Å². The van der Waals surface area contributed by atoms with Gasteiger partial charge in [0.15, 0.2) is 0 Å². The van der Waals surface area contributed by atoms with Gasteiger partial charge in [-0.15, -0.1) is 0 Å². The fourth-order valence-electron chi connectivity index (χ4n) is 2.91. The zero-order valence-corrected chi connectivity index (χ0v) is 10.5. The summed E-state index contributed by atoms with van der Waals surface area (Å²) in [7, 11) is 0. The van der Waals surface area contributed by atoms with Gasteiger partial charge in [0.25, 0.3) is 0 Å². The van der Waals surface area contributed by atoms with Crippen molar-refractivity contribution in [2.45, 2.75) is 64.2 Å². The normalized spacial score (nSPS) is 23.6. The first-order valence-electron chi connectivity index (χ1n) is 7.22. The Morgan fingerprint density at radius 2 is 1.81 bits per heavy atom. The van der Waals surface area contributed by atoms with Gasteiger partial charge in [0, 0.05) is 19.5 Å². The van der Waals surface area contributed by atoms with Gasteiger partial charge in [-0.2, -0.15) is 0 Å². The SMILES string of the molecule is C1CCN=C(NCCC2CCCCC2)CC1. The first kappa shape index (κ1) is 11.9. The Kier molecular flexibility index (Phi) is 5.17. The molecule has 1 heterocycles. The molecule has 1 N–H and O–H groups in total. The van der Waals surface area contributed by atoms with Crippen LogP contribution in [0, 0.1) is 5.92 Å². The summed E-state index contributed by atoms with van der Waals surface area (Å²) in [5, 5.41) is 3.56. The summed E-state index contributed by atoms with van der Waals surface area (Å²) >= 11 is 0. The summed E-state index contributed by atoms with van der Waals surface area (Å²) in [6.45, 7) is 2.20. The Bertz CT molecular complexity index is 217. The molecule has 1 saturated carbocycles. The summed E-state index contributed by atoms with van der Waals surface area (Å²) in [5.74, 6) is 2.28. The van der Waals surface area contributed by atoms with Crippen molar-refractivity contribution in [3.8, 4) is 0 Å². The van der Waals surface area contributed by atoms with Crippen molar-refractivity contribution < 1.29 is 0 Å². The van der Waals surface area contributed by atoms with Gasteiger partial charge >= 0.3 is 0 Å². The van der Waals surface area contributed by atoms with Gasteiger partial charge in [-0.3, -0.25) is 4.99 Å².